The normalized spacial score (nSPS) is 20.1. The lowest BCUT2D eigenvalue weighted by Crippen LogP contribution is -2.45. The van der Waals surface area contributed by atoms with E-state index in [2.05, 4.69) is 32.1 Å². The number of hydrogen-bond donors (Lipinski definition) is 2. The van der Waals surface area contributed by atoms with Gasteiger partial charge in [0.25, 0.3) is 5.91 Å². The van der Waals surface area contributed by atoms with Crippen molar-refractivity contribution < 1.29 is 4.79 Å². The predicted octanol–water partition coefficient (Wildman–Crippen LogP) is 0.292. The van der Waals surface area contributed by atoms with Crippen LogP contribution in [0.15, 0.2) is 6.07 Å². The van der Waals surface area contributed by atoms with Gasteiger partial charge in [0.15, 0.2) is 0 Å². The molecule has 0 unspecified atom stereocenters. The van der Waals surface area contributed by atoms with Gasteiger partial charge in [0.05, 0.1) is 0 Å². The maximum Gasteiger partial charge on any atom is 0.267 e. The van der Waals surface area contributed by atoms with Crippen molar-refractivity contribution in [1.29, 1.82) is 0 Å². The molecule has 1 aromatic rings. The van der Waals surface area contributed by atoms with Crippen molar-refractivity contribution >= 4 is 17.7 Å². The highest BCUT2D eigenvalue weighted by Crippen LogP contribution is 2.24. The molecule has 114 valence electrons. The van der Waals surface area contributed by atoms with E-state index in [1.54, 1.807) is 6.07 Å². The monoisotopic (exact) mass is 290 g/mol. The lowest BCUT2D eigenvalue weighted by molar-refractivity contribution is 0.0995. The lowest BCUT2D eigenvalue weighted by Gasteiger charge is -2.33. The average Bonchev–Trinajstić information content (AvgIpc) is 2.43. The minimum atomic E-state index is -0.510. The number of piperazine rings is 1. The van der Waals surface area contributed by atoms with Gasteiger partial charge < -0.3 is 20.9 Å². The SMILES string of the molecule is CN1CCN(c2nc(NC3CCC3)cc(C(N)=O)n2)CC1. The van der Waals surface area contributed by atoms with Crippen LogP contribution in [0.3, 0.4) is 0 Å². The third-order valence-electron chi connectivity index (χ3n) is 4.21. The number of hydrogen-bond acceptors (Lipinski definition) is 6. The zero-order valence-corrected chi connectivity index (χ0v) is 12.4. The average molecular weight is 290 g/mol. The van der Waals surface area contributed by atoms with Crippen LogP contribution in [0.2, 0.25) is 0 Å². The number of carbonyl (C=O) groups is 1. The molecule has 3 rings (SSSR count). The number of amides is 1. The highest BCUT2D eigenvalue weighted by molar-refractivity contribution is 5.91. The van der Waals surface area contributed by atoms with Crippen molar-refractivity contribution in [3.05, 3.63) is 11.8 Å². The van der Waals surface area contributed by atoms with Gasteiger partial charge in [-0.25, -0.2) is 4.98 Å². The zero-order chi connectivity index (χ0) is 14.8. The first-order chi connectivity index (χ1) is 10.1. The molecule has 0 spiro atoms. The standard InChI is InChI=1S/C14H22N6O/c1-19-5-7-20(8-6-19)14-17-11(13(15)21)9-12(18-14)16-10-3-2-4-10/h9-10H,2-8H2,1H3,(H2,15,21)(H,16,17,18). The molecule has 1 aromatic heterocycles. The molecule has 7 heteroatoms. The topological polar surface area (TPSA) is 87.4 Å². The highest BCUT2D eigenvalue weighted by Gasteiger charge is 2.21. The van der Waals surface area contributed by atoms with Crippen LogP contribution in [0.1, 0.15) is 29.8 Å². The van der Waals surface area contributed by atoms with E-state index < -0.39 is 5.91 Å². The van der Waals surface area contributed by atoms with Crippen molar-refractivity contribution in [2.24, 2.45) is 5.73 Å². The second-order valence-corrected chi connectivity index (χ2v) is 5.87. The third-order valence-corrected chi connectivity index (χ3v) is 4.21. The minimum Gasteiger partial charge on any atom is -0.367 e. The van der Waals surface area contributed by atoms with Crippen LogP contribution in [0.25, 0.3) is 0 Å². The highest BCUT2D eigenvalue weighted by atomic mass is 16.1. The molecule has 1 amide bonds. The number of nitrogens with zero attached hydrogens (tertiary/aromatic N) is 4. The number of carbonyl (C=O) groups excluding carboxylic acids is 1. The van der Waals surface area contributed by atoms with E-state index in [1.807, 2.05) is 0 Å². The molecule has 2 aliphatic rings. The molecule has 0 aromatic carbocycles. The van der Waals surface area contributed by atoms with E-state index in [0.717, 1.165) is 39.0 Å². The number of primary amides is 1. The van der Waals surface area contributed by atoms with Gasteiger partial charge in [-0.3, -0.25) is 4.79 Å². The van der Waals surface area contributed by atoms with E-state index in [9.17, 15) is 4.79 Å². The van der Waals surface area contributed by atoms with Crippen molar-refractivity contribution in [3.63, 3.8) is 0 Å². The molecule has 1 saturated carbocycles. The lowest BCUT2D eigenvalue weighted by atomic mass is 9.93. The Balaban J connectivity index is 1.82. The van der Waals surface area contributed by atoms with Gasteiger partial charge in [0.1, 0.15) is 11.5 Å². The third kappa shape index (κ3) is 3.24. The van der Waals surface area contributed by atoms with E-state index in [1.165, 1.54) is 6.42 Å². The number of likely N-dealkylation sites (N-methyl/N-ethyl adjacent to an activating group) is 1. The van der Waals surface area contributed by atoms with Crippen LogP contribution in [0.4, 0.5) is 11.8 Å². The molecule has 0 atom stereocenters. The van der Waals surface area contributed by atoms with Crippen molar-refractivity contribution in [1.82, 2.24) is 14.9 Å². The van der Waals surface area contributed by atoms with Crippen LogP contribution in [0, 0.1) is 0 Å². The molecule has 21 heavy (non-hydrogen) atoms. The molecule has 1 aliphatic carbocycles. The zero-order valence-electron chi connectivity index (χ0n) is 12.4. The van der Waals surface area contributed by atoms with Crippen molar-refractivity contribution in [2.75, 3.05) is 43.4 Å². The summed E-state index contributed by atoms with van der Waals surface area (Å²) in [4.78, 5) is 24.7. The van der Waals surface area contributed by atoms with Crippen LogP contribution in [0.5, 0.6) is 0 Å². The Morgan fingerprint density at radius 1 is 1.29 bits per heavy atom. The molecule has 3 N–H and O–H groups in total. The van der Waals surface area contributed by atoms with Gasteiger partial charge in [0.2, 0.25) is 5.95 Å². The van der Waals surface area contributed by atoms with E-state index in [0.29, 0.717) is 17.8 Å². The summed E-state index contributed by atoms with van der Waals surface area (Å²) < 4.78 is 0. The van der Waals surface area contributed by atoms with Gasteiger partial charge in [-0.05, 0) is 26.3 Å². The summed E-state index contributed by atoms with van der Waals surface area (Å²) in [5.74, 6) is 0.795. The Morgan fingerprint density at radius 3 is 2.57 bits per heavy atom. The second-order valence-electron chi connectivity index (χ2n) is 5.87. The van der Waals surface area contributed by atoms with Gasteiger partial charge in [0, 0.05) is 38.3 Å². The summed E-state index contributed by atoms with van der Waals surface area (Å²) >= 11 is 0. The Morgan fingerprint density at radius 2 is 2.00 bits per heavy atom. The largest absolute Gasteiger partial charge is 0.367 e. The van der Waals surface area contributed by atoms with Gasteiger partial charge >= 0.3 is 0 Å². The summed E-state index contributed by atoms with van der Waals surface area (Å²) in [5.41, 5.74) is 5.68. The number of nitrogens with two attached hydrogens (primary N) is 1. The Hall–Kier alpha value is -1.89. The minimum absolute atomic E-state index is 0.278. The molecule has 2 heterocycles. The molecule has 1 saturated heterocycles. The summed E-state index contributed by atoms with van der Waals surface area (Å²) in [7, 11) is 2.10. The quantitative estimate of drug-likeness (QED) is 0.829. The fourth-order valence-corrected chi connectivity index (χ4v) is 2.54. The van der Waals surface area contributed by atoms with E-state index in [-0.39, 0.29) is 5.69 Å². The second kappa shape index (κ2) is 5.85. The number of nitrogens with one attached hydrogen (secondary N) is 1. The van der Waals surface area contributed by atoms with Crippen LogP contribution >= 0.6 is 0 Å². The van der Waals surface area contributed by atoms with Gasteiger partial charge in [-0.15, -0.1) is 0 Å². The molecule has 2 fully saturated rings. The smallest absolute Gasteiger partial charge is 0.267 e. The molecule has 1 aliphatic heterocycles. The summed E-state index contributed by atoms with van der Waals surface area (Å²) in [6.45, 7) is 3.66. The van der Waals surface area contributed by atoms with E-state index >= 15 is 0 Å². The van der Waals surface area contributed by atoms with Crippen molar-refractivity contribution in [3.8, 4) is 0 Å². The Bertz CT molecular complexity index is 522. The molecule has 0 radical (unpaired) electrons. The van der Waals surface area contributed by atoms with Crippen LogP contribution < -0.4 is 16.0 Å². The fraction of sp³-hybridized carbons (Fsp3) is 0.643. The first-order valence-corrected chi connectivity index (χ1v) is 7.51. The summed E-state index contributed by atoms with van der Waals surface area (Å²) in [5, 5.41) is 3.37. The van der Waals surface area contributed by atoms with Gasteiger partial charge in [-0.2, -0.15) is 4.98 Å². The molecular formula is C14H22N6O. The van der Waals surface area contributed by atoms with Crippen LogP contribution in [-0.2, 0) is 0 Å². The van der Waals surface area contributed by atoms with Crippen LogP contribution in [-0.4, -0.2) is 60.0 Å². The first kappa shape index (κ1) is 14.1. The number of aromatic nitrogens is 2. The van der Waals surface area contributed by atoms with E-state index in [4.69, 9.17) is 5.73 Å². The number of rotatable bonds is 4. The molecular weight excluding hydrogens is 268 g/mol. The Kier molecular flexibility index (Phi) is 3.92. The summed E-state index contributed by atoms with van der Waals surface area (Å²) in [6.07, 6.45) is 3.55. The maximum atomic E-state index is 11.5. The fourth-order valence-electron chi connectivity index (χ4n) is 2.54. The first-order valence-electron chi connectivity index (χ1n) is 7.51. The summed E-state index contributed by atoms with van der Waals surface area (Å²) in [6, 6.07) is 2.11. The van der Waals surface area contributed by atoms with Crippen molar-refractivity contribution in [2.45, 2.75) is 25.3 Å². The molecule has 0 bridgehead atoms. The molecule has 7 nitrogen and oxygen atoms in total. The maximum absolute atomic E-state index is 11.5. The van der Waals surface area contributed by atoms with Gasteiger partial charge in [-0.1, -0.05) is 0 Å². The predicted molar refractivity (Wildman–Crippen MR) is 81.5 cm³/mol. The Labute approximate surface area is 124 Å². The number of anilines is 2.